The van der Waals surface area contributed by atoms with Crippen LogP contribution in [0.15, 0.2) is 0 Å². The average molecular weight is 423 g/mol. The molecule has 0 saturated heterocycles. The predicted octanol–water partition coefficient (Wildman–Crippen LogP) is 5.39. The quantitative estimate of drug-likeness (QED) is 0.130. The van der Waals surface area contributed by atoms with Crippen LogP contribution >= 0.6 is 7.82 Å². The fourth-order valence-electron chi connectivity index (χ4n) is 1.85. The number of ether oxygens (including phenoxy) is 2. The lowest BCUT2D eigenvalue weighted by Crippen LogP contribution is -2.36. The Morgan fingerprint density at radius 2 is 1.67 bits per heavy atom. The molecule has 0 radical (unpaired) electrons. The standard InChI is InChI=1S/C19H39O6PSi/c1-9-23-26(20,24-10-2)25-18(13-11-12-15-22-17-21-6)14-16-27(7,8)19(3,4)5/h18H,9-13,15,17H2,1-8H3. The SMILES string of the molecule is CCOP(=O)(OCC)OC(C#C[Si](C)(C)C(C)(C)C)CCCCOCOC. The minimum Gasteiger partial charge on any atom is -0.359 e. The van der Waals surface area contributed by atoms with E-state index in [0.717, 1.165) is 12.8 Å². The summed E-state index contributed by atoms with van der Waals surface area (Å²) < 4.78 is 39.2. The highest BCUT2D eigenvalue weighted by molar-refractivity contribution is 7.48. The number of phosphoric ester groups is 1. The Labute approximate surface area is 167 Å². The van der Waals surface area contributed by atoms with Gasteiger partial charge in [-0.3, -0.25) is 13.6 Å². The van der Waals surface area contributed by atoms with Crippen molar-refractivity contribution in [3.63, 3.8) is 0 Å². The molecule has 8 heteroatoms. The van der Waals surface area contributed by atoms with Crippen LogP contribution in [0.5, 0.6) is 0 Å². The third-order valence-corrected chi connectivity index (χ3v) is 10.6. The molecule has 0 amide bonds. The van der Waals surface area contributed by atoms with Gasteiger partial charge >= 0.3 is 7.82 Å². The van der Waals surface area contributed by atoms with Crippen molar-refractivity contribution in [1.29, 1.82) is 0 Å². The summed E-state index contributed by atoms with van der Waals surface area (Å²) >= 11 is 0. The van der Waals surface area contributed by atoms with Gasteiger partial charge in [0.25, 0.3) is 0 Å². The van der Waals surface area contributed by atoms with Gasteiger partial charge < -0.3 is 9.47 Å². The molecule has 0 fully saturated rings. The van der Waals surface area contributed by atoms with E-state index in [1.807, 2.05) is 0 Å². The predicted molar refractivity (Wildman–Crippen MR) is 112 cm³/mol. The molecule has 0 aliphatic carbocycles. The van der Waals surface area contributed by atoms with Crippen molar-refractivity contribution >= 4 is 15.9 Å². The molecule has 27 heavy (non-hydrogen) atoms. The Kier molecular flexibility index (Phi) is 13.0. The van der Waals surface area contributed by atoms with Crippen LogP contribution < -0.4 is 0 Å². The lowest BCUT2D eigenvalue weighted by molar-refractivity contribution is -0.0318. The third kappa shape index (κ3) is 11.4. The van der Waals surface area contributed by atoms with Crippen LogP contribution in [0.3, 0.4) is 0 Å². The van der Waals surface area contributed by atoms with E-state index in [-0.39, 0.29) is 25.0 Å². The summed E-state index contributed by atoms with van der Waals surface area (Å²) in [5.41, 5.74) is 3.45. The van der Waals surface area contributed by atoms with Crippen molar-refractivity contribution < 1.29 is 27.6 Å². The number of hydrogen-bond acceptors (Lipinski definition) is 6. The highest BCUT2D eigenvalue weighted by Gasteiger charge is 2.34. The van der Waals surface area contributed by atoms with E-state index < -0.39 is 22.0 Å². The lowest BCUT2D eigenvalue weighted by atomic mass is 10.2. The Hall–Kier alpha value is -0.193. The molecular formula is C19H39O6PSi. The number of hydrogen-bond donors (Lipinski definition) is 0. The molecule has 0 heterocycles. The Balaban J connectivity index is 5.13. The fraction of sp³-hybridized carbons (Fsp3) is 0.895. The molecule has 0 aliphatic rings. The van der Waals surface area contributed by atoms with Crippen LogP contribution in [0.2, 0.25) is 18.1 Å². The highest BCUT2D eigenvalue weighted by Crippen LogP contribution is 2.50. The first-order valence-corrected chi connectivity index (χ1v) is 14.1. The first-order valence-electron chi connectivity index (χ1n) is 9.68. The minimum atomic E-state index is -3.60. The van der Waals surface area contributed by atoms with Crippen LogP contribution in [0.25, 0.3) is 0 Å². The first-order chi connectivity index (χ1) is 12.5. The summed E-state index contributed by atoms with van der Waals surface area (Å²) in [6.45, 7) is 16.0. The average Bonchev–Trinajstić information content (AvgIpc) is 2.55. The maximum Gasteiger partial charge on any atom is 0.475 e. The maximum absolute atomic E-state index is 12.8. The van der Waals surface area contributed by atoms with E-state index in [9.17, 15) is 4.57 Å². The smallest absolute Gasteiger partial charge is 0.359 e. The number of methoxy groups -OCH3 is 1. The van der Waals surface area contributed by atoms with Crippen molar-refractivity contribution in [2.45, 2.75) is 78.1 Å². The van der Waals surface area contributed by atoms with Gasteiger partial charge in [0, 0.05) is 13.7 Å². The second-order valence-corrected chi connectivity index (χ2v) is 14.5. The van der Waals surface area contributed by atoms with Gasteiger partial charge in [0.2, 0.25) is 0 Å². The number of rotatable bonds is 13. The van der Waals surface area contributed by atoms with Gasteiger partial charge in [0.05, 0.1) is 13.2 Å². The van der Waals surface area contributed by atoms with Crippen LogP contribution in [0.1, 0.15) is 53.9 Å². The molecule has 0 aliphatic heterocycles. The van der Waals surface area contributed by atoms with Crippen LogP contribution in [0, 0.1) is 11.5 Å². The molecule has 0 aromatic rings. The molecule has 0 aromatic heterocycles. The van der Waals surface area contributed by atoms with Gasteiger partial charge in [-0.1, -0.05) is 39.8 Å². The van der Waals surface area contributed by atoms with Gasteiger partial charge in [0.1, 0.15) is 21.0 Å². The molecule has 160 valence electrons. The molecule has 6 nitrogen and oxygen atoms in total. The molecule has 0 rings (SSSR count). The van der Waals surface area contributed by atoms with Gasteiger partial charge in [-0.2, -0.15) is 0 Å². The molecule has 1 atom stereocenters. The summed E-state index contributed by atoms with van der Waals surface area (Å²) in [6, 6.07) is 0. The third-order valence-electron chi connectivity index (χ3n) is 4.46. The Morgan fingerprint density at radius 3 is 2.15 bits per heavy atom. The summed E-state index contributed by atoms with van der Waals surface area (Å²) in [7, 11) is -3.80. The normalized spacial score (nSPS) is 13.9. The summed E-state index contributed by atoms with van der Waals surface area (Å²) in [4.78, 5) is 0. The number of unbranched alkanes of at least 4 members (excludes halogenated alkanes) is 1. The van der Waals surface area contributed by atoms with Crippen LogP contribution in [-0.2, 0) is 27.6 Å². The number of phosphoric acid groups is 1. The molecule has 0 saturated carbocycles. The van der Waals surface area contributed by atoms with Crippen molar-refractivity contribution in [3.05, 3.63) is 0 Å². The zero-order valence-corrected chi connectivity index (χ0v) is 20.3. The first kappa shape index (κ1) is 26.8. The molecule has 1 unspecified atom stereocenters. The highest BCUT2D eigenvalue weighted by atomic mass is 31.2. The van der Waals surface area contributed by atoms with E-state index in [0.29, 0.717) is 13.0 Å². The largest absolute Gasteiger partial charge is 0.475 e. The molecular weight excluding hydrogens is 383 g/mol. The van der Waals surface area contributed by atoms with Gasteiger partial charge in [-0.05, 0) is 38.1 Å². The van der Waals surface area contributed by atoms with E-state index in [1.165, 1.54) is 0 Å². The fourth-order valence-corrected chi connectivity index (χ4v) is 4.04. The summed E-state index contributed by atoms with van der Waals surface area (Å²) in [5.74, 6) is 3.23. The minimum absolute atomic E-state index is 0.141. The van der Waals surface area contributed by atoms with Gasteiger partial charge in [0.15, 0.2) is 0 Å². The second-order valence-electron chi connectivity index (χ2n) is 7.83. The van der Waals surface area contributed by atoms with Crippen molar-refractivity contribution in [2.24, 2.45) is 0 Å². The van der Waals surface area contributed by atoms with Crippen LogP contribution in [-0.4, -0.2) is 47.9 Å². The second kappa shape index (κ2) is 13.1. The van der Waals surface area contributed by atoms with E-state index in [4.69, 9.17) is 23.0 Å². The Bertz CT molecular complexity index is 497. The molecule has 0 aromatic carbocycles. The van der Waals surface area contributed by atoms with Gasteiger partial charge in [-0.15, -0.1) is 5.54 Å². The molecule has 0 N–H and O–H groups in total. The monoisotopic (exact) mass is 422 g/mol. The molecule has 0 bridgehead atoms. The topological polar surface area (TPSA) is 63.2 Å². The van der Waals surface area contributed by atoms with Crippen molar-refractivity contribution in [3.8, 4) is 11.5 Å². The van der Waals surface area contributed by atoms with E-state index in [2.05, 4.69) is 45.3 Å². The zero-order valence-electron chi connectivity index (χ0n) is 18.4. The van der Waals surface area contributed by atoms with Crippen molar-refractivity contribution in [1.82, 2.24) is 0 Å². The molecule has 0 spiro atoms. The van der Waals surface area contributed by atoms with E-state index >= 15 is 0 Å². The van der Waals surface area contributed by atoms with Crippen molar-refractivity contribution in [2.75, 3.05) is 33.7 Å². The Morgan fingerprint density at radius 1 is 1.07 bits per heavy atom. The lowest BCUT2D eigenvalue weighted by Gasteiger charge is -2.31. The van der Waals surface area contributed by atoms with Gasteiger partial charge in [-0.25, -0.2) is 4.57 Å². The summed E-state index contributed by atoms with van der Waals surface area (Å²) in [6.07, 6.45) is 1.82. The van der Waals surface area contributed by atoms with E-state index in [1.54, 1.807) is 21.0 Å². The maximum atomic E-state index is 12.8. The summed E-state index contributed by atoms with van der Waals surface area (Å²) in [5, 5.41) is 0.141. The zero-order chi connectivity index (χ0) is 21.0. The van der Waals surface area contributed by atoms with Crippen LogP contribution in [0.4, 0.5) is 0 Å².